The van der Waals surface area contributed by atoms with E-state index in [2.05, 4.69) is 0 Å². The molecule has 0 heterocycles. The average molecular weight is 198 g/mol. The Labute approximate surface area is 89.5 Å². The van der Waals surface area contributed by atoms with Gasteiger partial charge in [0.1, 0.15) is 0 Å². The van der Waals surface area contributed by atoms with E-state index < -0.39 is 0 Å². The van der Waals surface area contributed by atoms with Crippen LogP contribution in [0.1, 0.15) is 5.56 Å². The van der Waals surface area contributed by atoms with Gasteiger partial charge in [0.25, 0.3) is 0 Å². The lowest BCUT2D eigenvalue weighted by molar-refractivity contribution is 1.47. The molecule has 0 atom stereocenters. The molecule has 0 saturated carbocycles. The second kappa shape index (κ2) is 3.65. The van der Waals surface area contributed by atoms with Gasteiger partial charge in [-0.1, -0.05) is 30.3 Å². The number of benzene rings is 2. The molecule has 0 amide bonds. The van der Waals surface area contributed by atoms with Gasteiger partial charge in [0.15, 0.2) is 0 Å². The molecule has 4 N–H and O–H groups in total. The van der Waals surface area contributed by atoms with Crippen LogP contribution in [0.5, 0.6) is 0 Å². The van der Waals surface area contributed by atoms with Crippen LogP contribution in [0.2, 0.25) is 0 Å². The maximum absolute atomic E-state index is 5.90. The lowest BCUT2D eigenvalue weighted by atomic mass is 10.0. The molecule has 0 aromatic heterocycles. The molecule has 0 unspecified atom stereocenters. The number of para-hydroxylation sites is 1. The Hall–Kier alpha value is -1.96. The Balaban J connectivity index is 2.55. The van der Waals surface area contributed by atoms with Crippen molar-refractivity contribution < 1.29 is 0 Å². The van der Waals surface area contributed by atoms with Crippen molar-refractivity contribution in [1.29, 1.82) is 0 Å². The van der Waals surface area contributed by atoms with Gasteiger partial charge in [-0.2, -0.15) is 0 Å². The molecule has 2 nitrogen and oxygen atoms in total. The first kappa shape index (κ1) is 9.59. The lowest BCUT2D eigenvalue weighted by Gasteiger charge is -2.07. The van der Waals surface area contributed by atoms with Crippen LogP contribution in [-0.2, 0) is 0 Å². The molecule has 0 aliphatic rings. The normalized spacial score (nSPS) is 10.2. The molecule has 2 aromatic carbocycles. The number of anilines is 2. The quantitative estimate of drug-likeness (QED) is 0.692. The number of nitrogen functional groups attached to an aromatic ring is 2. The van der Waals surface area contributed by atoms with E-state index in [-0.39, 0.29) is 0 Å². The predicted octanol–water partition coefficient (Wildman–Crippen LogP) is 2.83. The van der Waals surface area contributed by atoms with Gasteiger partial charge in [-0.05, 0) is 30.2 Å². The van der Waals surface area contributed by atoms with Crippen LogP contribution in [0.4, 0.5) is 11.4 Å². The summed E-state index contributed by atoms with van der Waals surface area (Å²) in [7, 11) is 0. The van der Waals surface area contributed by atoms with E-state index in [1.165, 1.54) is 0 Å². The fourth-order valence-corrected chi connectivity index (χ4v) is 1.57. The SMILES string of the molecule is Cc1ccc(-c2ccccc2N)cc1N. The first-order valence-corrected chi connectivity index (χ1v) is 4.89. The molecule has 0 aliphatic heterocycles. The third kappa shape index (κ3) is 1.79. The summed E-state index contributed by atoms with van der Waals surface area (Å²) in [6.45, 7) is 1.99. The zero-order valence-corrected chi connectivity index (χ0v) is 8.70. The van der Waals surface area contributed by atoms with Gasteiger partial charge in [0.2, 0.25) is 0 Å². The Morgan fingerprint density at radius 1 is 0.867 bits per heavy atom. The molecule has 2 aromatic rings. The number of nitrogens with two attached hydrogens (primary N) is 2. The summed E-state index contributed by atoms with van der Waals surface area (Å²) in [5, 5.41) is 0. The Kier molecular flexibility index (Phi) is 2.34. The van der Waals surface area contributed by atoms with Crippen molar-refractivity contribution in [2.75, 3.05) is 11.5 Å². The van der Waals surface area contributed by atoms with Crippen LogP contribution in [-0.4, -0.2) is 0 Å². The fourth-order valence-electron chi connectivity index (χ4n) is 1.57. The zero-order valence-electron chi connectivity index (χ0n) is 8.70. The highest BCUT2D eigenvalue weighted by molar-refractivity contribution is 5.78. The summed E-state index contributed by atoms with van der Waals surface area (Å²) in [6.07, 6.45) is 0. The maximum atomic E-state index is 5.90. The second-order valence-electron chi connectivity index (χ2n) is 3.66. The summed E-state index contributed by atoms with van der Waals surface area (Å²) in [6, 6.07) is 13.8. The van der Waals surface area contributed by atoms with Crippen molar-refractivity contribution >= 4 is 11.4 Å². The number of rotatable bonds is 1. The summed E-state index contributed by atoms with van der Waals surface area (Å²) in [4.78, 5) is 0. The second-order valence-corrected chi connectivity index (χ2v) is 3.66. The maximum Gasteiger partial charge on any atom is 0.0393 e. The van der Waals surface area contributed by atoms with Crippen molar-refractivity contribution in [3.8, 4) is 11.1 Å². The van der Waals surface area contributed by atoms with Crippen LogP contribution < -0.4 is 11.5 Å². The third-order valence-electron chi connectivity index (χ3n) is 2.55. The Morgan fingerprint density at radius 2 is 1.60 bits per heavy atom. The molecule has 76 valence electrons. The van der Waals surface area contributed by atoms with E-state index >= 15 is 0 Å². The van der Waals surface area contributed by atoms with Crippen LogP contribution >= 0.6 is 0 Å². The van der Waals surface area contributed by atoms with E-state index in [1.54, 1.807) is 0 Å². The minimum absolute atomic E-state index is 0.778. The smallest absolute Gasteiger partial charge is 0.0393 e. The molecule has 0 saturated heterocycles. The molecule has 15 heavy (non-hydrogen) atoms. The fraction of sp³-hybridized carbons (Fsp3) is 0.0769. The van der Waals surface area contributed by atoms with Gasteiger partial charge >= 0.3 is 0 Å². The van der Waals surface area contributed by atoms with E-state index in [9.17, 15) is 0 Å². The predicted molar refractivity (Wildman–Crippen MR) is 65.4 cm³/mol. The number of aryl methyl sites for hydroxylation is 1. The highest BCUT2D eigenvalue weighted by Gasteiger charge is 2.02. The van der Waals surface area contributed by atoms with Crippen LogP contribution in [0.15, 0.2) is 42.5 Å². The topological polar surface area (TPSA) is 52.0 Å². The van der Waals surface area contributed by atoms with Gasteiger partial charge in [0, 0.05) is 16.9 Å². The monoisotopic (exact) mass is 198 g/mol. The van der Waals surface area contributed by atoms with Crippen LogP contribution in [0.3, 0.4) is 0 Å². The summed E-state index contributed by atoms with van der Waals surface area (Å²) >= 11 is 0. The summed E-state index contributed by atoms with van der Waals surface area (Å²) < 4.78 is 0. The third-order valence-corrected chi connectivity index (χ3v) is 2.55. The van der Waals surface area contributed by atoms with E-state index in [1.807, 2.05) is 49.4 Å². The largest absolute Gasteiger partial charge is 0.398 e. The van der Waals surface area contributed by atoms with E-state index in [4.69, 9.17) is 11.5 Å². The van der Waals surface area contributed by atoms with E-state index in [0.717, 1.165) is 28.1 Å². The van der Waals surface area contributed by atoms with Gasteiger partial charge in [0.05, 0.1) is 0 Å². The van der Waals surface area contributed by atoms with Crippen LogP contribution in [0, 0.1) is 6.92 Å². The van der Waals surface area contributed by atoms with Crippen molar-refractivity contribution in [3.63, 3.8) is 0 Å². The molecular formula is C13H14N2. The minimum Gasteiger partial charge on any atom is -0.398 e. The van der Waals surface area contributed by atoms with Crippen molar-refractivity contribution in [1.82, 2.24) is 0 Å². The standard InChI is InChI=1S/C13H14N2/c1-9-6-7-10(8-13(9)15)11-4-2-3-5-12(11)14/h2-8H,14-15H2,1H3. The molecule has 0 spiro atoms. The van der Waals surface area contributed by atoms with Crippen molar-refractivity contribution in [2.45, 2.75) is 6.92 Å². The van der Waals surface area contributed by atoms with Crippen molar-refractivity contribution in [2.24, 2.45) is 0 Å². The van der Waals surface area contributed by atoms with Gasteiger partial charge in [-0.15, -0.1) is 0 Å². The van der Waals surface area contributed by atoms with Gasteiger partial charge in [-0.3, -0.25) is 0 Å². The highest BCUT2D eigenvalue weighted by atomic mass is 14.6. The summed E-state index contributed by atoms with van der Waals surface area (Å²) in [5.74, 6) is 0. The molecule has 2 heteroatoms. The summed E-state index contributed by atoms with van der Waals surface area (Å²) in [5.41, 5.74) is 16.5. The minimum atomic E-state index is 0.778. The number of hydrogen-bond acceptors (Lipinski definition) is 2. The zero-order chi connectivity index (χ0) is 10.8. The molecule has 0 aliphatic carbocycles. The molecule has 0 bridgehead atoms. The Bertz CT molecular complexity index is 490. The van der Waals surface area contributed by atoms with Crippen LogP contribution in [0.25, 0.3) is 11.1 Å². The van der Waals surface area contributed by atoms with Gasteiger partial charge in [-0.25, -0.2) is 0 Å². The molecule has 0 fully saturated rings. The highest BCUT2D eigenvalue weighted by Crippen LogP contribution is 2.27. The lowest BCUT2D eigenvalue weighted by Crippen LogP contribution is -1.92. The molecule has 2 rings (SSSR count). The van der Waals surface area contributed by atoms with Crippen molar-refractivity contribution in [3.05, 3.63) is 48.0 Å². The van der Waals surface area contributed by atoms with Gasteiger partial charge < -0.3 is 11.5 Å². The molecule has 0 radical (unpaired) electrons. The molecular weight excluding hydrogens is 184 g/mol. The average Bonchev–Trinajstić information content (AvgIpc) is 2.23. The first-order chi connectivity index (χ1) is 7.18. The first-order valence-electron chi connectivity index (χ1n) is 4.89. The number of hydrogen-bond donors (Lipinski definition) is 2. The Morgan fingerprint density at radius 3 is 2.27 bits per heavy atom. The van der Waals surface area contributed by atoms with E-state index in [0.29, 0.717) is 0 Å².